The molecule has 1 aliphatic rings. The lowest BCUT2D eigenvalue weighted by Crippen LogP contribution is -2.42. The van der Waals surface area contributed by atoms with E-state index in [-0.39, 0.29) is 18.4 Å². The van der Waals surface area contributed by atoms with E-state index in [0.717, 1.165) is 0 Å². The first-order chi connectivity index (χ1) is 8.22. The van der Waals surface area contributed by atoms with E-state index >= 15 is 0 Å². The molecule has 1 aromatic rings. The summed E-state index contributed by atoms with van der Waals surface area (Å²) in [5, 5.41) is 11.5. The fraction of sp³-hybridized carbons (Fsp3) is 0.455. The van der Waals surface area contributed by atoms with Crippen molar-refractivity contribution in [3.8, 4) is 0 Å². The van der Waals surface area contributed by atoms with Crippen LogP contribution in [0.15, 0.2) is 18.5 Å². The maximum atomic E-state index is 11.8. The molecule has 0 unspecified atom stereocenters. The minimum absolute atomic E-state index is 0.0514. The summed E-state index contributed by atoms with van der Waals surface area (Å²) in [5.74, 6) is -0.376. The van der Waals surface area contributed by atoms with E-state index in [1.807, 2.05) is 0 Å². The molecule has 92 valence electrons. The van der Waals surface area contributed by atoms with Crippen LogP contribution < -0.4 is 5.32 Å². The smallest absolute Gasteiger partial charge is 0.253 e. The van der Waals surface area contributed by atoms with E-state index in [9.17, 15) is 9.59 Å². The number of nitrogens with one attached hydrogen (secondary N) is 2. The Kier molecular flexibility index (Phi) is 3.43. The highest BCUT2D eigenvalue weighted by atomic mass is 16.3. The molecule has 0 radical (unpaired) electrons. The minimum Gasteiger partial charge on any atom is -0.395 e. The first-order valence-electron chi connectivity index (χ1n) is 5.55. The number of aromatic nitrogens is 1. The number of amides is 2. The van der Waals surface area contributed by atoms with Crippen LogP contribution in [0.5, 0.6) is 0 Å². The molecule has 1 fully saturated rings. The normalized spacial score (nSPS) is 19.7. The van der Waals surface area contributed by atoms with E-state index in [4.69, 9.17) is 5.11 Å². The number of H-pyrrole nitrogens is 1. The number of aliphatic hydroxyl groups is 1. The molecular formula is C11H15N3O3. The molecule has 6 nitrogen and oxygen atoms in total. The quantitative estimate of drug-likeness (QED) is 0.649. The van der Waals surface area contributed by atoms with Crippen LogP contribution in [0.3, 0.4) is 0 Å². The summed E-state index contributed by atoms with van der Waals surface area (Å²) in [4.78, 5) is 27.9. The van der Waals surface area contributed by atoms with Crippen molar-refractivity contribution in [2.75, 3.05) is 19.7 Å². The number of aliphatic hydroxyl groups excluding tert-OH is 1. The van der Waals surface area contributed by atoms with E-state index in [1.165, 1.54) is 0 Å². The predicted molar refractivity (Wildman–Crippen MR) is 60.3 cm³/mol. The fourth-order valence-electron chi connectivity index (χ4n) is 1.92. The molecule has 3 N–H and O–H groups in total. The highest BCUT2D eigenvalue weighted by Crippen LogP contribution is 2.11. The lowest BCUT2D eigenvalue weighted by Gasteiger charge is -2.15. The van der Waals surface area contributed by atoms with Gasteiger partial charge in [-0.05, 0) is 12.5 Å². The average Bonchev–Trinajstić information content (AvgIpc) is 2.94. The van der Waals surface area contributed by atoms with E-state index in [1.54, 1.807) is 23.4 Å². The zero-order valence-corrected chi connectivity index (χ0v) is 9.35. The molecule has 2 heterocycles. The molecular weight excluding hydrogens is 222 g/mol. The Hall–Kier alpha value is -1.82. The summed E-state index contributed by atoms with van der Waals surface area (Å²) < 4.78 is 0. The van der Waals surface area contributed by atoms with Crippen molar-refractivity contribution in [3.05, 3.63) is 24.0 Å². The van der Waals surface area contributed by atoms with Crippen LogP contribution in [-0.2, 0) is 4.79 Å². The van der Waals surface area contributed by atoms with Crippen molar-refractivity contribution in [1.82, 2.24) is 15.2 Å². The van der Waals surface area contributed by atoms with Crippen LogP contribution >= 0.6 is 0 Å². The second-order valence-corrected chi connectivity index (χ2v) is 3.96. The summed E-state index contributed by atoms with van der Waals surface area (Å²) in [6.07, 6.45) is 3.83. The summed E-state index contributed by atoms with van der Waals surface area (Å²) in [6, 6.07) is 1.18. The van der Waals surface area contributed by atoms with Crippen molar-refractivity contribution in [2.45, 2.75) is 12.5 Å². The van der Waals surface area contributed by atoms with Gasteiger partial charge in [0.25, 0.3) is 5.91 Å². The molecule has 2 rings (SSSR count). The Bertz CT molecular complexity index is 402. The van der Waals surface area contributed by atoms with Gasteiger partial charge in [-0.2, -0.15) is 0 Å². The zero-order valence-electron chi connectivity index (χ0n) is 9.35. The maximum Gasteiger partial charge on any atom is 0.253 e. The zero-order chi connectivity index (χ0) is 12.3. The molecule has 0 saturated carbocycles. The van der Waals surface area contributed by atoms with Gasteiger partial charge in [0, 0.05) is 25.5 Å². The Morgan fingerprint density at radius 2 is 2.47 bits per heavy atom. The summed E-state index contributed by atoms with van der Waals surface area (Å²) in [7, 11) is 0. The molecule has 2 amide bonds. The molecule has 0 bridgehead atoms. The van der Waals surface area contributed by atoms with Crippen LogP contribution in [0.1, 0.15) is 16.8 Å². The Morgan fingerprint density at radius 3 is 3.12 bits per heavy atom. The Labute approximate surface area is 98.6 Å². The van der Waals surface area contributed by atoms with Gasteiger partial charge >= 0.3 is 0 Å². The molecule has 0 aromatic carbocycles. The van der Waals surface area contributed by atoms with Gasteiger partial charge in [0.2, 0.25) is 5.91 Å². The van der Waals surface area contributed by atoms with Crippen LogP contribution in [0.4, 0.5) is 0 Å². The average molecular weight is 237 g/mol. The first kappa shape index (κ1) is 11.7. The largest absolute Gasteiger partial charge is 0.395 e. The Morgan fingerprint density at radius 1 is 1.65 bits per heavy atom. The molecule has 1 aromatic heterocycles. The summed E-state index contributed by atoms with van der Waals surface area (Å²) >= 11 is 0. The molecule has 1 aliphatic heterocycles. The number of rotatable bonds is 4. The van der Waals surface area contributed by atoms with E-state index in [2.05, 4.69) is 10.3 Å². The number of hydrogen-bond donors (Lipinski definition) is 3. The van der Waals surface area contributed by atoms with Crippen molar-refractivity contribution in [2.24, 2.45) is 0 Å². The van der Waals surface area contributed by atoms with Gasteiger partial charge < -0.3 is 20.3 Å². The predicted octanol–water partition coefficient (Wildman–Crippen LogP) is -0.662. The third-order valence-electron chi connectivity index (χ3n) is 2.83. The number of carbonyl (C=O) groups is 2. The molecule has 0 spiro atoms. The van der Waals surface area contributed by atoms with Crippen molar-refractivity contribution < 1.29 is 14.7 Å². The maximum absolute atomic E-state index is 11.8. The minimum atomic E-state index is -0.469. The van der Waals surface area contributed by atoms with E-state index < -0.39 is 6.04 Å². The van der Waals surface area contributed by atoms with Crippen molar-refractivity contribution in [1.29, 1.82) is 0 Å². The van der Waals surface area contributed by atoms with Gasteiger partial charge in [0.15, 0.2) is 0 Å². The second kappa shape index (κ2) is 5.01. The third-order valence-corrected chi connectivity index (χ3v) is 2.83. The lowest BCUT2D eigenvalue weighted by atomic mass is 10.2. The van der Waals surface area contributed by atoms with Crippen LogP contribution in [-0.4, -0.2) is 52.5 Å². The van der Waals surface area contributed by atoms with Crippen molar-refractivity contribution >= 4 is 11.8 Å². The van der Waals surface area contributed by atoms with Crippen LogP contribution in [0, 0.1) is 0 Å². The molecule has 17 heavy (non-hydrogen) atoms. The van der Waals surface area contributed by atoms with Gasteiger partial charge in [0.05, 0.1) is 12.2 Å². The second-order valence-electron chi connectivity index (χ2n) is 3.96. The van der Waals surface area contributed by atoms with Crippen LogP contribution in [0.2, 0.25) is 0 Å². The number of aromatic amines is 1. The number of likely N-dealkylation sites (tertiary alicyclic amines) is 1. The topological polar surface area (TPSA) is 85.4 Å². The molecule has 0 aliphatic carbocycles. The van der Waals surface area contributed by atoms with Gasteiger partial charge in [-0.3, -0.25) is 9.59 Å². The van der Waals surface area contributed by atoms with Gasteiger partial charge in [-0.15, -0.1) is 0 Å². The SMILES string of the molecule is O=C(N[C@H]1CCN(CCO)C1=O)c1cc[nH]c1. The summed E-state index contributed by atoms with van der Waals surface area (Å²) in [6.45, 7) is 0.858. The van der Waals surface area contributed by atoms with Crippen molar-refractivity contribution in [3.63, 3.8) is 0 Å². The highest BCUT2D eigenvalue weighted by Gasteiger charge is 2.32. The fourth-order valence-corrected chi connectivity index (χ4v) is 1.92. The number of β-amino-alcohol motifs (C(OH)–C–C–N with tert-alkyl or cyclic N) is 1. The lowest BCUT2D eigenvalue weighted by molar-refractivity contribution is -0.129. The summed E-state index contributed by atoms with van der Waals surface area (Å²) in [5.41, 5.74) is 0.512. The van der Waals surface area contributed by atoms with Gasteiger partial charge in [-0.25, -0.2) is 0 Å². The van der Waals surface area contributed by atoms with Crippen LogP contribution in [0.25, 0.3) is 0 Å². The highest BCUT2D eigenvalue weighted by molar-refractivity contribution is 5.97. The first-order valence-corrected chi connectivity index (χ1v) is 5.55. The molecule has 1 saturated heterocycles. The van der Waals surface area contributed by atoms with E-state index in [0.29, 0.717) is 25.1 Å². The number of nitrogens with zero attached hydrogens (tertiary/aromatic N) is 1. The molecule has 1 atom stereocenters. The number of carbonyl (C=O) groups excluding carboxylic acids is 2. The molecule has 6 heteroatoms. The standard InChI is InChI=1S/C11H15N3O3/c15-6-5-14-4-2-9(11(14)17)13-10(16)8-1-3-12-7-8/h1,3,7,9,12,15H,2,4-6H2,(H,13,16)/t9-/m0/s1. The third kappa shape index (κ3) is 2.47. The number of hydrogen-bond acceptors (Lipinski definition) is 3. The monoisotopic (exact) mass is 237 g/mol. The van der Waals surface area contributed by atoms with Gasteiger partial charge in [0.1, 0.15) is 6.04 Å². The Balaban J connectivity index is 1.93. The van der Waals surface area contributed by atoms with Gasteiger partial charge in [-0.1, -0.05) is 0 Å².